The molecule has 1 aliphatic rings. The molecule has 0 aliphatic carbocycles. The van der Waals surface area contributed by atoms with E-state index in [-0.39, 0.29) is 0 Å². The van der Waals surface area contributed by atoms with E-state index in [4.69, 9.17) is 11.6 Å². The van der Waals surface area contributed by atoms with E-state index < -0.39 is 0 Å². The number of halogens is 1. The molecule has 2 aromatic carbocycles. The third kappa shape index (κ3) is 3.93. The van der Waals surface area contributed by atoms with E-state index in [9.17, 15) is 0 Å². The van der Waals surface area contributed by atoms with Crippen LogP contribution in [0.25, 0.3) is 5.70 Å². The maximum atomic E-state index is 6.44. The van der Waals surface area contributed by atoms with E-state index in [0.717, 1.165) is 29.4 Å². The zero-order valence-electron chi connectivity index (χ0n) is 15.0. The topological polar surface area (TPSA) is 27.3 Å². The second-order valence-corrected chi connectivity index (χ2v) is 6.93. The van der Waals surface area contributed by atoms with Crippen molar-refractivity contribution in [2.24, 2.45) is 0 Å². The molecule has 0 spiro atoms. The van der Waals surface area contributed by atoms with Crippen LogP contribution in [0.15, 0.2) is 49.0 Å². The molecule has 1 aliphatic heterocycles. The van der Waals surface area contributed by atoms with Crippen LogP contribution in [0.2, 0.25) is 5.02 Å². The van der Waals surface area contributed by atoms with Crippen LogP contribution in [0.3, 0.4) is 0 Å². The van der Waals surface area contributed by atoms with Gasteiger partial charge in [-0.15, -0.1) is 0 Å². The lowest BCUT2D eigenvalue weighted by Crippen LogP contribution is -2.32. The Morgan fingerprint density at radius 2 is 1.76 bits per heavy atom. The van der Waals surface area contributed by atoms with Gasteiger partial charge in [-0.2, -0.15) is 0 Å². The Hall–Kier alpha value is -2.13. The van der Waals surface area contributed by atoms with Gasteiger partial charge >= 0.3 is 0 Å². The van der Waals surface area contributed by atoms with Crippen LogP contribution in [0.4, 0.5) is 11.4 Å². The number of piperidine rings is 1. The molecule has 1 saturated heterocycles. The number of benzene rings is 2. The van der Waals surface area contributed by atoms with Crippen molar-refractivity contribution in [1.29, 1.82) is 0 Å². The van der Waals surface area contributed by atoms with Crippen LogP contribution >= 0.6 is 11.6 Å². The van der Waals surface area contributed by atoms with Gasteiger partial charge in [0, 0.05) is 49.8 Å². The van der Waals surface area contributed by atoms with Crippen molar-refractivity contribution in [3.63, 3.8) is 0 Å². The molecule has 4 heteroatoms. The normalized spacial score (nSPS) is 15.1. The number of nitrogens with one attached hydrogen (secondary N) is 2. The molecule has 25 heavy (non-hydrogen) atoms. The maximum Gasteiger partial charge on any atom is 0.0519 e. The van der Waals surface area contributed by atoms with Gasteiger partial charge in [0.25, 0.3) is 0 Å². The van der Waals surface area contributed by atoms with Gasteiger partial charge in [-0.3, -0.25) is 0 Å². The maximum absolute atomic E-state index is 6.44. The average molecular weight is 356 g/mol. The van der Waals surface area contributed by atoms with Crippen LogP contribution in [0.1, 0.15) is 29.9 Å². The molecule has 1 heterocycles. The Morgan fingerprint density at radius 3 is 2.32 bits per heavy atom. The SMILES string of the molecule is C=C(NC)c1ccc(N2CCC(c3ccc(NC)cc3)CC2)cc1Cl. The Morgan fingerprint density at radius 1 is 1.08 bits per heavy atom. The van der Waals surface area contributed by atoms with Crippen molar-refractivity contribution in [2.75, 3.05) is 37.4 Å². The molecule has 2 N–H and O–H groups in total. The molecule has 0 aromatic heterocycles. The fraction of sp³-hybridized carbons (Fsp3) is 0.333. The summed E-state index contributed by atoms with van der Waals surface area (Å²) in [5, 5.41) is 6.98. The van der Waals surface area contributed by atoms with Crippen LogP contribution < -0.4 is 15.5 Å². The first kappa shape index (κ1) is 17.7. The molecule has 132 valence electrons. The fourth-order valence-electron chi connectivity index (χ4n) is 3.47. The molecule has 0 atom stereocenters. The molecular weight excluding hydrogens is 330 g/mol. The summed E-state index contributed by atoms with van der Waals surface area (Å²) in [5.74, 6) is 0.640. The highest BCUT2D eigenvalue weighted by Crippen LogP contribution is 2.33. The molecule has 1 fully saturated rings. The van der Waals surface area contributed by atoms with Crippen LogP contribution in [-0.2, 0) is 0 Å². The number of anilines is 2. The molecule has 0 amide bonds. The summed E-state index contributed by atoms with van der Waals surface area (Å²) in [4.78, 5) is 2.43. The number of hydrogen-bond donors (Lipinski definition) is 2. The van der Waals surface area contributed by atoms with Crippen molar-refractivity contribution in [2.45, 2.75) is 18.8 Å². The monoisotopic (exact) mass is 355 g/mol. The predicted molar refractivity (Wildman–Crippen MR) is 110 cm³/mol. The molecule has 0 saturated carbocycles. The van der Waals surface area contributed by atoms with Crippen LogP contribution in [-0.4, -0.2) is 27.2 Å². The molecular formula is C21H26ClN3. The number of hydrogen-bond acceptors (Lipinski definition) is 3. The molecule has 2 aromatic rings. The second-order valence-electron chi connectivity index (χ2n) is 6.53. The van der Waals surface area contributed by atoms with Gasteiger partial charge in [-0.25, -0.2) is 0 Å². The smallest absolute Gasteiger partial charge is 0.0519 e. The largest absolute Gasteiger partial charge is 0.388 e. The summed E-state index contributed by atoms with van der Waals surface area (Å²) in [6.07, 6.45) is 2.34. The third-order valence-electron chi connectivity index (χ3n) is 5.11. The second kappa shape index (κ2) is 7.83. The summed E-state index contributed by atoms with van der Waals surface area (Å²) in [7, 11) is 3.82. The molecule has 0 unspecified atom stereocenters. The van der Waals surface area contributed by atoms with Crippen molar-refractivity contribution in [3.05, 3.63) is 65.2 Å². The van der Waals surface area contributed by atoms with E-state index >= 15 is 0 Å². The highest BCUT2D eigenvalue weighted by Gasteiger charge is 2.21. The van der Waals surface area contributed by atoms with E-state index in [1.807, 2.05) is 14.1 Å². The summed E-state index contributed by atoms with van der Waals surface area (Å²) < 4.78 is 0. The lowest BCUT2D eigenvalue weighted by Gasteiger charge is -2.34. The van der Waals surface area contributed by atoms with Crippen LogP contribution in [0, 0.1) is 0 Å². The quantitative estimate of drug-likeness (QED) is 0.794. The summed E-state index contributed by atoms with van der Waals surface area (Å²) in [6, 6.07) is 15.1. The Balaban J connectivity index is 1.65. The fourth-order valence-corrected chi connectivity index (χ4v) is 3.76. The minimum absolute atomic E-state index is 0.640. The first-order valence-electron chi connectivity index (χ1n) is 8.81. The van der Waals surface area contributed by atoms with E-state index in [1.165, 1.54) is 29.8 Å². The standard InChI is InChI=1S/C21H26ClN3/c1-15(23-2)20-9-8-19(14-21(20)22)25-12-10-17(11-13-25)16-4-6-18(24-3)7-5-16/h4-9,14,17,23-24H,1,10-13H2,2-3H3. The van der Waals surface area contributed by atoms with Gasteiger partial charge in [-0.05, 0) is 54.7 Å². The number of rotatable bonds is 5. The minimum atomic E-state index is 0.640. The van der Waals surface area contributed by atoms with Crippen molar-refractivity contribution < 1.29 is 0 Å². The van der Waals surface area contributed by atoms with E-state index in [2.05, 4.69) is 64.6 Å². The van der Waals surface area contributed by atoms with Gasteiger partial charge in [0.05, 0.1) is 5.02 Å². The minimum Gasteiger partial charge on any atom is -0.388 e. The Labute approximate surface area is 155 Å². The highest BCUT2D eigenvalue weighted by molar-refractivity contribution is 6.32. The molecule has 0 bridgehead atoms. The van der Waals surface area contributed by atoms with Gasteiger partial charge in [0.1, 0.15) is 0 Å². The number of nitrogens with zero attached hydrogens (tertiary/aromatic N) is 1. The zero-order chi connectivity index (χ0) is 17.8. The predicted octanol–water partition coefficient (Wildman–Crippen LogP) is 4.96. The molecule has 3 nitrogen and oxygen atoms in total. The molecule has 3 rings (SSSR count). The van der Waals surface area contributed by atoms with Crippen LogP contribution in [0.5, 0.6) is 0 Å². The van der Waals surface area contributed by atoms with E-state index in [0.29, 0.717) is 5.92 Å². The summed E-state index contributed by atoms with van der Waals surface area (Å²) >= 11 is 6.44. The van der Waals surface area contributed by atoms with Crippen molar-refractivity contribution in [3.8, 4) is 0 Å². The highest BCUT2D eigenvalue weighted by atomic mass is 35.5. The summed E-state index contributed by atoms with van der Waals surface area (Å²) in [6.45, 7) is 6.10. The van der Waals surface area contributed by atoms with Gasteiger partial charge in [0.15, 0.2) is 0 Å². The lowest BCUT2D eigenvalue weighted by molar-refractivity contribution is 0.505. The first-order valence-corrected chi connectivity index (χ1v) is 9.19. The zero-order valence-corrected chi connectivity index (χ0v) is 15.7. The van der Waals surface area contributed by atoms with Gasteiger partial charge < -0.3 is 15.5 Å². The van der Waals surface area contributed by atoms with Crippen molar-refractivity contribution >= 4 is 28.7 Å². The Bertz CT molecular complexity index is 731. The summed E-state index contributed by atoms with van der Waals surface area (Å²) in [5.41, 5.74) is 5.62. The van der Waals surface area contributed by atoms with Crippen molar-refractivity contribution in [1.82, 2.24) is 5.32 Å². The lowest BCUT2D eigenvalue weighted by atomic mass is 9.89. The third-order valence-corrected chi connectivity index (χ3v) is 5.42. The van der Waals surface area contributed by atoms with E-state index in [1.54, 1.807) is 0 Å². The first-order chi connectivity index (χ1) is 12.1. The average Bonchev–Trinajstić information content (AvgIpc) is 2.67. The molecule has 0 radical (unpaired) electrons. The van der Waals surface area contributed by atoms with Gasteiger partial charge in [0.2, 0.25) is 0 Å². The Kier molecular flexibility index (Phi) is 5.54. The van der Waals surface area contributed by atoms with Gasteiger partial charge in [-0.1, -0.05) is 30.3 Å².